The van der Waals surface area contributed by atoms with Crippen LogP contribution in [-0.2, 0) is 11.3 Å². The van der Waals surface area contributed by atoms with E-state index in [-0.39, 0.29) is 0 Å². The van der Waals surface area contributed by atoms with Crippen molar-refractivity contribution in [1.82, 2.24) is 5.32 Å². The van der Waals surface area contributed by atoms with E-state index in [4.69, 9.17) is 16.3 Å². The van der Waals surface area contributed by atoms with Gasteiger partial charge in [-0.1, -0.05) is 17.7 Å². The largest absolute Gasteiger partial charge is 0.383 e. The molecule has 106 valence electrons. The van der Waals surface area contributed by atoms with E-state index in [1.165, 1.54) is 24.1 Å². The molecule has 2 rings (SSSR count). The van der Waals surface area contributed by atoms with E-state index in [1.54, 1.807) is 7.11 Å². The van der Waals surface area contributed by atoms with Crippen molar-refractivity contribution in [3.05, 3.63) is 28.8 Å². The van der Waals surface area contributed by atoms with Gasteiger partial charge in [-0.3, -0.25) is 0 Å². The van der Waals surface area contributed by atoms with Gasteiger partial charge in [0.2, 0.25) is 0 Å². The molecule has 1 aliphatic carbocycles. The second-order valence-corrected chi connectivity index (χ2v) is 5.44. The number of nitrogens with one attached hydrogen (secondary N) is 1. The first-order chi connectivity index (χ1) is 9.24. The van der Waals surface area contributed by atoms with Gasteiger partial charge in [-0.25, -0.2) is 0 Å². The molecule has 0 aromatic heterocycles. The van der Waals surface area contributed by atoms with E-state index in [0.717, 1.165) is 37.3 Å². The van der Waals surface area contributed by atoms with E-state index in [9.17, 15) is 0 Å². The molecule has 1 aromatic rings. The van der Waals surface area contributed by atoms with Crippen molar-refractivity contribution < 1.29 is 4.74 Å². The number of rotatable bonds is 8. The molecule has 1 aromatic carbocycles. The van der Waals surface area contributed by atoms with Crippen LogP contribution in [0.1, 0.15) is 25.3 Å². The fourth-order valence-electron chi connectivity index (χ4n) is 2.17. The molecule has 0 heterocycles. The van der Waals surface area contributed by atoms with Crippen molar-refractivity contribution in [2.45, 2.75) is 32.4 Å². The molecule has 0 unspecified atom stereocenters. The summed E-state index contributed by atoms with van der Waals surface area (Å²) in [5.74, 6) is 0. The number of hydrogen-bond acceptors (Lipinski definition) is 3. The van der Waals surface area contributed by atoms with E-state index >= 15 is 0 Å². The summed E-state index contributed by atoms with van der Waals surface area (Å²) in [6, 6.07) is 6.88. The van der Waals surface area contributed by atoms with Crippen LogP contribution in [0.2, 0.25) is 5.02 Å². The standard InChI is InChI=1S/C15H23ClN2O/c1-3-18(8-9-19-2)15-10-13(16)5-4-12(15)11-17-14-6-7-14/h4-5,10,14,17H,3,6-9,11H2,1-2H3. The molecule has 1 saturated carbocycles. The monoisotopic (exact) mass is 282 g/mol. The second kappa shape index (κ2) is 7.13. The van der Waals surface area contributed by atoms with Gasteiger partial charge in [0, 0.05) is 43.5 Å². The lowest BCUT2D eigenvalue weighted by Crippen LogP contribution is -2.28. The Labute approximate surface area is 120 Å². The average Bonchev–Trinajstić information content (AvgIpc) is 3.23. The summed E-state index contributed by atoms with van der Waals surface area (Å²) >= 11 is 6.15. The molecule has 0 bridgehead atoms. The fraction of sp³-hybridized carbons (Fsp3) is 0.600. The van der Waals surface area contributed by atoms with Crippen molar-refractivity contribution in [3.63, 3.8) is 0 Å². The van der Waals surface area contributed by atoms with Crippen LogP contribution >= 0.6 is 11.6 Å². The summed E-state index contributed by atoms with van der Waals surface area (Å²) in [4.78, 5) is 2.32. The zero-order chi connectivity index (χ0) is 13.7. The van der Waals surface area contributed by atoms with E-state index in [2.05, 4.69) is 29.3 Å². The topological polar surface area (TPSA) is 24.5 Å². The van der Waals surface area contributed by atoms with Gasteiger partial charge in [-0.15, -0.1) is 0 Å². The van der Waals surface area contributed by atoms with Crippen molar-refractivity contribution in [1.29, 1.82) is 0 Å². The van der Waals surface area contributed by atoms with Crippen molar-refractivity contribution in [2.24, 2.45) is 0 Å². The highest BCUT2D eigenvalue weighted by molar-refractivity contribution is 6.30. The highest BCUT2D eigenvalue weighted by atomic mass is 35.5. The number of likely N-dealkylation sites (N-methyl/N-ethyl adjacent to an activating group) is 1. The molecule has 0 aliphatic heterocycles. The fourth-order valence-corrected chi connectivity index (χ4v) is 2.34. The predicted octanol–water partition coefficient (Wildman–Crippen LogP) is 3.06. The minimum absolute atomic E-state index is 0.720. The first kappa shape index (κ1) is 14.6. The molecule has 0 amide bonds. The summed E-state index contributed by atoms with van der Waals surface area (Å²) in [5.41, 5.74) is 2.54. The third-order valence-corrected chi connectivity index (χ3v) is 3.73. The molecule has 1 aliphatic rings. The first-order valence-corrected chi connectivity index (χ1v) is 7.38. The van der Waals surface area contributed by atoms with Gasteiger partial charge >= 0.3 is 0 Å². The van der Waals surface area contributed by atoms with Gasteiger partial charge < -0.3 is 15.0 Å². The lowest BCUT2D eigenvalue weighted by molar-refractivity contribution is 0.205. The van der Waals surface area contributed by atoms with Crippen molar-refractivity contribution in [2.75, 3.05) is 31.7 Å². The molecule has 0 atom stereocenters. The van der Waals surface area contributed by atoms with Crippen LogP contribution in [0.5, 0.6) is 0 Å². The van der Waals surface area contributed by atoms with Gasteiger partial charge in [0.15, 0.2) is 0 Å². The number of methoxy groups -OCH3 is 1. The minimum atomic E-state index is 0.720. The lowest BCUT2D eigenvalue weighted by Gasteiger charge is -2.26. The van der Waals surface area contributed by atoms with Gasteiger partial charge in [-0.2, -0.15) is 0 Å². The predicted molar refractivity (Wildman–Crippen MR) is 81.1 cm³/mol. The van der Waals surface area contributed by atoms with Crippen LogP contribution in [0, 0.1) is 0 Å². The Bertz CT molecular complexity index is 407. The molecule has 4 heteroatoms. The molecule has 0 radical (unpaired) electrons. The summed E-state index contributed by atoms with van der Waals surface area (Å²) in [6.45, 7) is 5.66. The Hall–Kier alpha value is -0.770. The Morgan fingerprint density at radius 3 is 2.84 bits per heavy atom. The van der Waals surface area contributed by atoms with Crippen LogP contribution < -0.4 is 10.2 Å². The Morgan fingerprint density at radius 1 is 1.42 bits per heavy atom. The number of anilines is 1. The maximum absolute atomic E-state index is 6.15. The molecule has 3 nitrogen and oxygen atoms in total. The lowest BCUT2D eigenvalue weighted by atomic mass is 10.1. The van der Waals surface area contributed by atoms with Gasteiger partial charge in [0.05, 0.1) is 6.61 Å². The molecule has 1 fully saturated rings. The van der Waals surface area contributed by atoms with Crippen molar-refractivity contribution in [3.8, 4) is 0 Å². The highest BCUT2D eigenvalue weighted by Crippen LogP contribution is 2.26. The molecular weight excluding hydrogens is 260 g/mol. The number of benzene rings is 1. The maximum Gasteiger partial charge on any atom is 0.0637 e. The van der Waals surface area contributed by atoms with E-state index in [0.29, 0.717) is 0 Å². The molecule has 0 spiro atoms. The number of halogens is 1. The summed E-state index contributed by atoms with van der Waals surface area (Å²) in [7, 11) is 1.74. The molecular formula is C15H23ClN2O. The molecule has 1 N–H and O–H groups in total. The third-order valence-electron chi connectivity index (χ3n) is 3.49. The van der Waals surface area contributed by atoms with Crippen LogP contribution in [0.3, 0.4) is 0 Å². The van der Waals surface area contributed by atoms with Crippen LogP contribution in [0.25, 0.3) is 0 Å². The SMILES string of the molecule is CCN(CCOC)c1cc(Cl)ccc1CNC1CC1. The summed E-state index contributed by atoms with van der Waals surface area (Å²) < 4.78 is 5.18. The van der Waals surface area contributed by atoms with Crippen LogP contribution in [-0.4, -0.2) is 32.8 Å². The van der Waals surface area contributed by atoms with Crippen LogP contribution in [0.4, 0.5) is 5.69 Å². The first-order valence-electron chi connectivity index (χ1n) is 7.00. The number of ether oxygens (including phenoxy) is 1. The van der Waals surface area contributed by atoms with Gasteiger partial charge in [0.25, 0.3) is 0 Å². The normalized spacial score (nSPS) is 14.7. The summed E-state index contributed by atoms with van der Waals surface area (Å²) in [5, 5.41) is 4.36. The Morgan fingerprint density at radius 2 is 2.21 bits per heavy atom. The number of nitrogens with zero attached hydrogens (tertiary/aromatic N) is 1. The Kier molecular flexibility index (Phi) is 5.49. The molecule has 0 saturated heterocycles. The zero-order valence-corrected chi connectivity index (χ0v) is 12.5. The smallest absolute Gasteiger partial charge is 0.0637 e. The zero-order valence-electron chi connectivity index (χ0n) is 11.8. The maximum atomic E-state index is 6.15. The minimum Gasteiger partial charge on any atom is -0.383 e. The van der Waals surface area contributed by atoms with Gasteiger partial charge in [-0.05, 0) is 37.5 Å². The van der Waals surface area contributed by atoms with E-state index < -0.39 is 0 Å². The molecule has 19 heavy (non-hydrogen) atoms. The summed E-state index contributed by atoms with van der Waals surface area (Å²) in [6.07, 6.45) is 2.62. The third kappa shape index (κ3) is 4.37. The number of hydrogen-bond donors (Lipinski definition) is 1. The Balaban J connectivity index is 2.10. The van der Waals surface area contributed by atoms with Gasteiger partial charge in [0.1, 0.15) is 0 Å². The van der Waals surface area contributed by atoms with E-state index in [1.807, 2.05) is 6.07 Å². The highest BCUT2D eigenvalue weighted by Gasteiger charge is 2.21. The quantitative estimate of drug-likeness (QED) is 0.793. The second-order valence-electron chi connectivity index (χ2n) is 5.00. The van der Waals surface area contributed by atoms with Crippen LogP contribution in [0.15, 0.2) is 18.2 Å². The average molecular weight is 283 g/mol. The van der Waals surface area contributed by atoms with Crippen molar-refractivity contribution >= 4 is 17.3 Å².